The minimum Gasteiger partial charge on any atom is -0.550 e. The first-order valence-electron chi connectivity index (χ1n) is 12.1. The largest absolute Gasteiger partial charge is 1.00 e. The Bertz CT molecular complexity index is 1220. The second-order valence-corrected chi connectivity index (χ2v) is 8.78. The summed E-state index contributed by atoms with van der Waals surface area (Å²) in [6.45, 7) is 9.12. The van der Waals surface area contributed by atoms with Crippen LogP contribution in [0, 0.1) is 0 Å². The molecule has 0 aromatic heterocycles. The van der Waals surface area contributed by atoms with E-state index in [0.717, 1.165) is 41.7 Å². The molecule has 0 aliphatic heterocycles. The summed E-state index contributed by atoms with van der Waals surface area (Å²) >= 11 is 5.95. The van der Waals surface area contributed by atoms with E-state index in [4.69, 9.17) is 26.8 Å². The maximum Gasteiger partial charge on any atom is 1.00 e. The summed E-state index contributed by atoms with van der Waals surface area (Å²) in [7, 11) is 3.11. The molecule has 0 saturated heterocycles. The zero-order valence-corrected chi connectivity index (χ0v) is 25.7. The van der Waals surface area contributed by atoms with Gasteiger partial charge in [-0.15, -0.1) is 0 Å². The molecule has 0 radical (unpaired) electrons. The molecule has 10 heteroatoms. The number of ether oxygens (including phenoxy) is 2. The number of benzene rings is 3. The molecule has 38 heavy (non-hydrogen) atoms. The van der Waals surface area contributed by atoms with Gasteiger partial charge >= 0.3 is 29.6 Å². The van der Waals surface area contributed by atoms with Gasteiger partial charge in [0.1, 0.15) is 11.5 Å². The Kier molecular flexibility index (Phi) is 14.5. The van der Waals surface area contributed by atoms with Crippen molar-refractivity contribution >= 4 is 39.9 Å². The maximum atomic E-state index is 12.1. The van der Waals surface area contributed by atoms with Crippen molar-refractivity contribution in [1.29, 1.82) is 0 Å². The van der Waals surface area contributed by atoms with Crippen molar-refractivity contribution in [2.45, 2.75) is 26.7 Å². The fraction of sp³-hybridized carbons (Fsp3) is 0.357. The number of aliphatic carboxylic acids is 1. The molecular weight excluding hydrogens is 517 g/mol. The van der Waals surface area contributed by atoms with Crippen molar-refractivity contribution in [1.82, 2.24) is 10.2 Å². The molecule has 200 valence electrons. The average Bonchev–Trinajstić information content (AvgIpc) is 2.91. The van der Waals surface area contributed by atoms with E-state index in [1.165, 1.54) is 13.2 Å². The molecule has 0 bridgehead atoms. The van der Waals surface area contributed by atoms with E-state index in [2.05, 4.69) is 24.1 Å². The van der Waals surface area contributed by atoms with Gasteiger partial charge in [-0.3, -0.25) is 4.79 Å². The topological polar surface area (TPSA) is 117 Å². The molecule has 3 rings (SSSR count). The number of anilines is 1. The molecule has 0 heterocycles. The summed E-state index contributed by atoms with van der Waals surface area (Å²) < 4.78 is 10.3. The summed E-state index contributed by atoms with van der Waals surface area (Å²) in [5.74, 6) is -0.652. The van der Waals surface area contributed by atoms with E-state index in [-0.39, 0.29) is 35.5 Å². The Morgan fingerprint density at radius 2 is 1.66 bits per heavy atom. The zero-order valence-electron chi connectivity index (χ0n) is 23.0. The van der Waals surface area contributed by atoms with Crippen molar-refractivity contribution < 1.29 is 53.7 Å². The van der Waals surface area contributed by atoms with Gasteiger partial charge in [0.15, 0.2) is 0 Å². The SMILES string of the molecule is CCN(CC)CCNC(=O)c1cc(Cl)c(N)cc1OC.COc1ccc2cc([C@H](C)C(=O)[O-])ccc2c1.[Na+]. The predicted octanol–water partition coefficient (Wildman–Crippen LogP) is 0.708. The van der Waals surface area contributed by atoms with Crippen LogP contribution in [0.5, 0.6) is 11.5 Å². The quantitative estimate of drug-likeness (QED) is 0.281. The van der Waals surface area contributed by atoms with Gasteiger partial charge in [0.25, 0.3) is 5.91 Å². The molecule has 3 aromatic carbocycles. The first kappa shape index (κ1) is 33.5. The van der Waals surface area contributed by atoms with Crippen molar-refractivity contribution in [3.05, 3.63) is 64.7 Å². The van der Waals surface area contributed by atoms with Crippen molar-refractivity contribution in [3.8, 4) is 11.5 Å². The van der Waals surface area contributed by atoms with Crippen molar-refractivity contribution in [3.63, 3.8) is 0 Å². The Balaban J connectivity index is 0.000000374. The molecule has 8 nitrogen and oxygen atoms in total. The third-order valence-corrected chi connectivity index (χ3v) is 6.42. The number of hydrogen-bond donors (Lipinski definition) is 2. The van der Waals surface area contributed by atoms with Gasteiger partial charge in [0.2, 0.25) is 0 Å². The fourth-order valence-electron chi connectivity index (χ4n) is 3.65. The van der Waals surface area contributed by atoms with Gasteiger partial charge in [-0.25, -0.2) is 0 Å². The standard InChI is InChI=1S/C14H22ClN3O2.C14H14O3.Na/c1-4-18(5-2)7-6-17-14(19)10-8-11(15)12(16)9-13(10)20-3;1-9(14(15)16)10-3-4-12-8-13(17-2)6-5-11(12)7-10;/h8-9H,4-7,16H2,1-3H3,(H,17,19);3-9H,1-2H3,(H,15,16);/q;;+1/p-1/t;9-;/m.0./s1. The zero-order chi connectivity index (χ0) is 27.5. The monoisotopic (exact) mass is 551 g/mol. The van der Waals surface area contributed by atoms with Crippen LogP contribution in [0.4, 0.5) is 5.69 Å². The number of methoxy groups -OCH3 is 2. The smallest absolute Gasteiger partial charge is 0.550 e. The number of nitrogens with two attached hydrogens (primary N) is 1. The number of fused-ring (bicyclic) bond motifs is 1. The number of nitrogen functional groups attached to an aromatic ring is 1. The number of carbonyl (C=O) groups excluding carboxylic acids is 2. The van der Waals surface area contributed by atoms with E-state index in [0.29, 0.717) is 28.6 Å². The minimum atomic E-state index is -1.06. The Morgan fingerprint density at radius 1 is 1.03 bits per heavy atom. The van der Waals surface area contributed by atoms with E-state index in [9.17, 15) is 14.7 Å². The predicted molar refractivity (Wildman–Crippen MR) is 146 cm³/mol. The van der Waals surface area contributed by atoms with Crippen LogP contribution in [-0.2, 0) is 4.79 Å². The molecule has 0 unspecified atom stereocenters. The van der Waals surface area contributed by atoms with E-state index < -0.39 is 11.9 Å². The summed E-state index contributed by atoms with van der Waals surface area (Å²) in [5.41, 5.74) is 7.23. The Hall–Kier alpha value is -2.49. The first-order valence-corrected chi connectivity index (χ1v) is 12.4. The minimum absolute atomic E-state index is 0. The third-order valence-electron chi connectivity index (χ3n) is 6.10. The summed E-state index contributed by atoms with van der Waals surface area (Å²) in [5, 5.41) is 16.0. The van der Waals surface area contributed by atoms with Crippen LogP contribution >= 0.6 is 11.6 Å². The molecule has 1 atom stereocenters. The average molecular weight is 552 g/mol. The molecule has 3 N–H and O–H groups in total. The second-order valence-electron chi connectivity index (χ2n) is 8.37. The van der Waals surface area contributed by atoms with Crippen LogP contribution in [0.2, 0.25) is 5.02 Å². The normalized spacial score (nSPS) is 11.1. The van der Waals surface area contributed by atoms with Gasteiger partial charge < -0.3 is 35.3 Å². The maximum absolute atomic E-state index is 12.1. The second kappa shape index (κ2) is 16.5. The van der Waals surface area contributed by atoms with Gasteiger partial charge in [-0.1, -0.05) is 56.6 Å². The molecule has 0 fully saturated rings. The molecule has 1 amide bonds. The molecule has 0 saturated carbocycles. The van der Waals surface area contributed by atoms with Crippen LogP contribution in [0.25, 0.3) is 10.8 Å². The van der Waals surface area contributed by atoms with Gasteiger partial charge in [-0.05, 0) is 47.6 Å². The number of amides is 1. The van der Waals surface area contributed by atoms with Crippen molar-refractivity contribution in [2.24, 2.45) is 0 Å². The van der Waals surface area contributed by atoms with Crippen LogP contribution in [0.1, 0.15) is 42.6 Å². The number of nitrogens with zero attached hydrogens (tertiary/aromatic N) is 1. The molecular formula is C28H35ClN3NaO5. The van der Waals surface area contributed by atoms with Crippen LogP contribution in [0.15, 0.2) is 48.5 Å². The number of halogens is 1. The van der Waals surface area contributed by atoms with Crippen LogP contribution in [-0.4, -0.2) is 57.2 Å². The number of rotatable bonds is 10. The number of carbonyl (C=O) groups is 2. The van der Waals surface area contributed by atoms with Crippen molar-refractivity contribution in [2.75, 3.05) is 46.1 Å². The number of nitrogens with one attached hydrogen (secondary N) is 1. The van der Waals surface area contributed by atoms with Crippen LogP contribution in [0.3, 0.4) is 0 Å². The summed E-state index contributed by atoms with van der Waals surface area (Å²) in [6.07, 6.45) is 0. The molecule has 3 aromatic rings. The molecule has 0 aliphatic rings. The Morgan fingerprint density at radius 3 is 2.24 bits per heavy atom. The third kappa shape index (κ3) is 9.36. The first-order chi connectivity index (χ1) is 17.6. The van der Waals surface area contributed by atoms with Crippen LogP contribution < -0.4 is 55.2 Å². The summed E-state index contributed by atoms with van der Waals surface area (Å²) in [4.78, 5) is 25.2. The molecule has 0 aliphatic carbocycles. The Labute approximate surface area is 251 Å². The summed E-state index contributed by atoms with van der Waals surface area (Å²) in [6, 6.07) is 14.4. The van der Waals surface area contributed by atoms with Gasteiger partial charge in [-0.2, -0.15) is 0 Å². The number of likely N-dealkylation sites (N-methyl/N-ethyl adjacent to an activating group) is 1. The van der Waals surface area contributed by atoms with E-state index >= 15 is 0 Å². The van der Waals surface area contributed by atoms with E-state index in [1.54, 1.807) is 20.1 Å². The number of hydrogen-bond acceptors (Lipinski definition) is 7. The van der Waals surface area contributed by atoms with E-state index in [1.807, 2.05) is 36.4 Å². The van der Waals surface area contributed by atoms with Gasteiger partial charge in [0, 0.05) is 31.0 Å². The fourth-order valence-corrected chi connectivity index (χ4v) is 3.82. The number of carboxylic acid groups (broad SMARTS) is 1. The molecule has 0 spiro atoms. The number of carboxylic acids is 1. The van der Waals surface area contributed by atoms with Gasteiger partial charge in [0.05, 0.1) is 30.5 Å².